The molecular weight excluding hydrogens is 419 g/mol. The zero-order chi connectivity index (χ0) is 22.6. The minimum Gasteiger partial charge on any atom is -0.444 e. The molecule has 0 saturated carbocycles. The van der Waals surface area contributed by atoms with Crippen molar-refractivity contribution in [2.45, 2.75) is 43.6 Å². The van der Waals surface area contributed by atoms with E-state index < -0.39 is 21.3 Å². The van der Waals surface area contributed by atoms with E-state index in [-0.39, 0.29) is 16.7 Å². The van der Waals surface area contributed by atoms with Crippen molar-refractivity contribution in [2.24, 2.45) is 0 Å². The number of ether oxygens (including phenoxy) is 1. The average Bonchev–Trinajstić information content (AvgIpc) is 2.69. The number of hydrogen-bond donors (Lipinski definition) is 0. The van der Waals surface area contributed by atoms with Gasteiger partial charge in [-0.1, -0.05) is 36.4 Å². The summed E-state index contributed by atoms with van der Waals surface area (Å²) in [6.07, 6.45) is -0.285. The molecule has 1 saturated heterocycles. The van der Waals surface area contributed by atoms with Crippen molar-refractivity contribution in [3.8, 4) is 0 Å². The van der Waals surface area contributed by atoms with E-state index in [1.807, 2.05) is 32.9 Å². The summed E-state index contributed by atoms with van der Waals surface area (Å²) >= 11 is 0. The third kappa shape index (κ3) is 6.51. The Labute approximate surface area is 183 Å². The molecule has 168 valence electrons. The highest BCUT2D eigenvalue weighted by atomic mass is 32.2. The predicted molar refractivity (Wildman–Crippen MR) is 117 cm³/mol. The van der Waals surface area contributed by atoms with Gasteiger partial charge in [0.15, 0.2) is 9.84 Å². The molecule has 1 aliphatic rings. The zero-order valence-corrected chi connectivity index (χ0v) is 19.0. The first-order valence-electron chi connectivity index (χ1n) is 10.3. The van der Waals surface area contributed by atoms with Crippen LogP contribution in [0.3, 0.4) is 0 Å². The van der Waals surface area contributed by atoms with E-state index in [9.17, 15) is 17.6 Å². The summed E-state index contributed by atoms with van der Waals surface area (Å²) in [5.74, 6) is -0.979. The van der Waals surface area contributed by atoms with E-state index in [0.717, 1.165) is 24.7 Å². The molecule has 0 N–H and O–H groups in total. The highest BCUT2D eigenvalue weighted by Gasteiger charge is 2.26. The van der Waals surface area contributed by atoms with Crippen molar-refractivity contribution < 1.29 is 22.3 Å². The number of amides is 1. The second-order valence-corrected chi connectivity index (χ2v) is 10.7. The Hall–Kier alpha value is -2.45. The number of carbonyl (C=O) groups is 1. The molecule has 0 aromatic heterocycles. The van der Waals surface area contributed by atoms with Crippen molar-refractivity contribution in [3.05, 3.63) is 65.5 Å². The van der Waals surface area contributed by atoms with Crippen LogP contribution in [0.2, 0.25) is 0 Å². The van der Waals surface area contributed by atoms with E-state index in [1.54, 1.807) is 17.0 Å². The molecule has 0 unspecified atom stereocenters. The van der Waals surface area contributed by atoms with Gasteiger partial charge in [0.05, 0.1) is 5.75 Å². The average molecular weight is 449 g/mol. The Bertz CT molecular complexity index is 1010. The van der Waals surface area contributed by atoms with Gasteiger partial charge in [0, 0.05) is 32.7 Å². The predicted octanol–water partition coefficient (Wildman–Crippen LogP) is 3.85. The normalized spacial score (nSPS) is 15.7. The molecule has 0 bridgehead atoms. The maximum absolute atomic E-state index is 13.9. The van der Waals surface area contributed by atoms with Crippen LogP contribution in [0.25, 0.3) is 0 Å². The van der Waals surface area contributed by atoms with Gasteiger partial charge in [0.1, 0.15) is 16.3 Å². The number of rotatable bonds is 5. The maximum atomic E-state index is 13.9. The van der Waals surface area contributed by atoms with Crippen LogP contribution in [0.5, 0.6) is 0 Å². The molecule has 0 spiro atoms. The lowest BCUT2D eigenvalue weighted by Crippen LogP contribution is -2.49. The Morgan fingerprint density at radius 2 is 1.55 bits per heavy atom. The molecule has 3 rings (SSSR count). The fourth-order valence-corrected chi connectivity index (χ4v) is 4.85. The van der Waals surface area contributed by atoms with E-state index in [1.165, 1.54) is 18.2 Å². The maximum Gasteiger partial charge on any atom is 0.410 e. The fourth-order valence-electron chi connectivity index (χ4n) is 3.41. The molecule has 8 heteroatoms. The molecule has 1 aliphatic heterocycles. The topological polar surface area (TPSA) is 66.9 Å². The SMILES string of the molecule is CC(C)(C)OC(=O)N1CCN(Cc2ccc(CS(=O)(=O)c3ccccc3F)cc2)CC1. The molecule has 6 nitrogen and oxygen atoms in total. The van der Waals surface area contributed by atoms with Gasteiger partial charge >= 0.3 is 6.09 Å². The van der Waals surface area contributed by atoms with Crippen LogP contribution in [0.15, 0.2) is 53.4 Å². The molecular formula is C23H29FN2O4S. The van der Waals surface area contributed by atoms with Crippen LogP contribution in [0.4, 0.5) is 9.18 Å². The number of halogens is 1. The van der Waals surface area contributed by atoms with Gasteiger partial charge in [-0.2, -0.15) is 0 Å². The number of piperazine rings is 1. The first-order chi connectivity index (χ1) is 14.5. The van der Waals surface area contributed by atoms with Crippen LogP contribution in [-0.2, 0) is 26.9 Å². The van der Waals surface area contributed by atoms with E-state index >= 15 is 0 Å². The fraction of sp³-hybridized carbons (Fsp3) is 0.435. The van der Waals surface area contributed by atoms with Crippen molar-refractivity contribution >= 4 is 15.9 Å². The number of benzene rings is 2. The van der Waals surface area contributed by atoms with Gasteiger partial charge < -0.3 is 9.64 Å². The quantitative estimate of drug-likeness (QED) is 0.695. The Kier molecular flexibility index (Phi) is 7.01. The van der Waals surface area contributed by atoms with Crippen LogP contribution < -0.4 is 0 Å². The summed E-state index contributed by atoms with van der Waals surface area (Å²) in [5.41, 5.74) is 1.16. The van der Waals surface area contributed by atoms with Crippen molar-refractivity contribution in [1.82, 2.24) is 9.80 Å². The van der Waals surface area contributed by atoms with Crippen LogP contribution in [0.1, 0.15) is 31.9 Å². The van der Waals surface area contributed by atoms with Crippen molar-refractivity contribution in [1.29, 1.82) is 0 Å². The lowest BCUT2D eigenvalue weighted by molar-refractivity contribution is 0.0139. The molecule has 1 fully saturated rings. The molecule has 0 aliphatic carbocycles. The minimum absolute atomic E-state index is 0.247. The summed E-state index contributed by atoms with van der Waals surface area (Å²) in [5, 5.41) is 0. The summed E-state index contributed by atoms with van der Waals surface area (Å²) in [7, 11) is -3.75. The summed E-state index contributed by atoms with van der Waals surface area (Å²) < 4.78 is 44.3. The second kappa shape index (κ2) is 9.36. The number of sulfone groups is 1. The molecule has 1 heterocycles. The molecule has 31 heavy (non-hydrogen) atoms. The smallest absolute Gasteiger partial charge is 0.410 e. The molecule has 0 radical (unpaired) electrons. The van der Waals surface area contributed by atoms with Gasteiger partial charge in [-0.05, 0) is 44.0 Å². The van der Waals surface area contributed by atoms with E-state index in [0.29, 0.717) is 25.2 Å². The summed E-state index contributed by atoms with van der Waals surface area (Å²) in [4.78, 5) is 15.9. The largest absolute Gasteiger partial charge is 0.444 e. The van der Waals surface area contributed by atoms with Crippen LogP contribution in [-0.4, -0.2) is 56.1 Å². The molecule has 2 aromatic carbocycles. The van der Waals surface area contributed by atoms with E-state index in [2.05, 4.69) is 4.90 Å². The van der Waals surface area contributed by atoms with Gasteiger partial charge in [-0.3, -0.25) is 4.90 Å². The van der Waals surface area contributed by atoms with Gasteiger partial charge in [0.2, 0.25) is 0 Å². The molecule has 0 atom stereocenters. The standard InChI is InChI=1S/C23H29FN2O4S/c1-23(2,3)30-22(27)26-14-12-25(13-15-26)16-18-8-10-19(11-9-18)17-31(28,29)21-7-5-4-6-20(21)24/h4-11H,12-17H2,1-3H3. The lowest BCUT2D eigenvalue weighted by atomic mass is 10.1. The number of hydrogen-bond acceptors (Lipinski definition) is 5. The highest BCUT2D eigenvalue weighted by molar-refractivity contribution is 7.90. The van der Waals surface area contributed by atoms with Gasteiger partial charge in [0.25, 0.3) is 0 Å². The monoisotopic (exact) mass is 448 g/mol. The number of carbonyl (C=O) groups excluding carboxylic acids is 1. The highest BCUT2D eigenvalue weighted by Crippen LogP contribution is 2.20. The molecule has 2 aromatic rings. The third-order valence-corrected chi connectivity index (χ3v) is 6.70. The van der Waals surface area contributed by atoms with Gasteiger partial charge in [-0.25, -0.2) is 17.6 Å². The minimum atomic E-state index is -3.75. The third-order valence-electron chi connectivity index (χ3n) is 4.98. The zero-order valence-electron chi connectivity index (χ0n) is 18.2. The lowest BCUT2D eigenvalue weighted by Gasteiger charge is -2.35. The molecule has 1 amide bonds. The Morgan fingerprint density at radius 1 is 0.968 bits per heavy atom. The van der Waals surface area contributed by atoms with E-state index in [4.69, 9.17) is 4.74 Å². The van der Waals surface area contributed by atoms with Crippen molar-refractivity contribution in [2.75, 3.05) is 26.2 Å². The number of nitrogens with zero attached hydrogens (tertiary/aromatic N) is 2. The van der Waals surface area contributed by atoms with Gasteiger partial charge in [-0.15, -0.1) is 0 Å². The first-order valence-corrected chi connectivity index (χ1v) is 11.9. The summed E-state index contributed by atoms with van der Waals surface area (Å²) in [6, 6.07) is 12.8. The van der Waals surface area contributed by atoms with Crippen molar-refractivity contribution in [3.63, 3.8) is 0 Å². The second-order valence-electron chi connectivity index (χ2n) is 8.75. The Balaban J connectivity index is 1.54. The van der Waals surface area contributed by atoms with Crippen LogP contribution in [0, 0.1) is 5.82 Å². The first kappa shape index (κ1) is 23.2. The summed E-state index contributed by atoms with van der Waals surface area (Å²) in [6.45, 7) is 8.96. The Morgan fingerprint density at radius 3 is 2.13 bits per heavy atom. The van der Waals surface area contributed by atoms with Crippen LogP contribution >= 0.6 is 0 Å².